The molecule has 2 aliphatic rings. The van der Waals surface area contributed by atoms with Gasteiger partial charge in [-0.05, 0) is 38.4 Å². The number of hydrogen-bond acceptors (Lipinski definition) is 5. The topological polar surface area (TPSA) is 85.7 Å². The maximum absolute atomic E-state index is 8.60. The van der Waals surface area contributed by atoms with Gasteiger partial charge in [-0.3, -0.25) is 0 Å². The van der Waals surface area contributed by atoms with Crippen LogP contribution in [0.15, 0.2) is 29.4 Å². The van der Waals surface area contributed by atoms with Crippen LogP contribution < -0.4 is 4.74 Å². The fraction of sp³-hybridized carbons (Fsp3) is 0.625. The van der Waals surface area contributed by atoms with Gasteiger partial charge >= 0.3 is 0 Å². The quantitative estimate of drug-likeness (QED) is 0.474. The molecule has 3 rings (SSSR count). The number of azide groups is 1. The highest BCUT2D eigenvalue weighted by Gasteiger charge is 2.54. The van der Waals surface area contributed by atoms with E-state index in [2.05, 4.69) is 10.0 Å². The predicted molar refractivity (Wildman–Crippen MR) is 82.9 cm³/mol. The van der Waals surface area contributed by atoms with E-state index in [1.165, 1.54) is 5.56 Å². The molecule has 0 spiro atoms. The van der Waals surface area contributed by atoms with Gasteiger partial charge in [-0.2, -0.15) is 0 Å². The third-order valence-electron chi connectivity index (χ3n) is 4.09. The van der Waals surface area contributed by atoms with E-state index in [4.69, 9.17) is 24.5 Å². The van der Waals surface area contributed by atoms with E-state index in [-0.39, 0.29) is 18.1 Å². The summed E-state index contributed by atoms with van der Waals surface area (Å²) < 4.78 is 23.4. The van der Waals surface area contributed by atoms with Crippen LogP contribution >= 0.6 is 0 Å². The summed E-state index contributed by atoms with van der Waals surface area (Å²) in [7, 11) is 0. The van der Waals surface area contributed by atoms with Crippen molar-refractivity contribution in [2.45, 2.75) is 45.1 Å². The molecule has 7 heteroatoms. The normalized spacial score (nSPS) is 31.4. The van der Waals surface area contributed by atoms with Gasteiger partial charge in [0.15, 0.2) is 12.1 Å². The number of benzene rings is 1. The van der Waals surface area contributed by atoms with E-state index in [0.29, 0.717) is 13.2 Å². The third-order valence-corrected chi connectivity index (χ3v) is 4.09. The second-order valence-electron chi connectivity index (χ2n) is 6.34. The summed E-state index contributed by atoms with van der Waals surface area (Å²) in [5.41, 5.74) is 9.78. The minimum absolute atomic E-state index is 0.0943. The molecule has 4 atom stereocenters. The van der Waals surface area contributed by atoms with Crippen LogP contribution in [0.25, 0.3) is 10.4 Å². The smallest absolute Gasteiger partial charge is 0.188 e. The molecule has 1 aromatic carbocycles. The minimum atomic E-state index is -0.688. The summed E-state index contributed by atoms with van der Waals surface area (Å²) in [5.74, 6) is -0.00344. The van der Waals surface area contributed by atoms with Crippen LogP contribution in [0, 0.1) is 12.8 Å². The Labute approximate surface area is 135 Å². The van der Waals surface area contributed by atoms with Gasteiger partial charge in [-0.1, -0.05) is 22.8 Å². The van der Waals surface area contributed by atoms with E-state index < -0.39 is 12.1 Å². The fourth-order valence-electron chi connectivity index (χ4n) is 2.97. The van der Waals surface area contributed by atoms with Crippen molar-refractivity contribution in [1.82, 2.24) is 0 Å². The molecule has 2 aliphatic heterocycles. The van der Waals surface area contributed by atoms with Crippen molar-refractivity contribution in [2.24, 2.45) is 11.0 Å². The molecule has 0 aliphatic carbocycles. The van der Waals surface area contributed by atoms with Crippen LogP contribution in [-0.2, 0) is 14.2 Å². The van der Waals surface area contributed by atoms with Crippen molar-refractivity contribution in [3.8, 4) is 5.75 Å². The first kappa shape index (κ1) is 16.1. The zero-order valence-electron chi connectivity index (χ0n) is 13.5. The highest BCUT2D eigenvalue weighted by Crippen LogP contribution is 2.41. The van der Waals surface area contributed by atoms with Crippen LogP contribution in [0.4, 0.5) is 0 Å². The van der Waals surface area contributed by atoms with E-state index in [9.17, 15) is 0 Å². The van der Waals surface area contributed by atoms with Gasteiger partial charge in [0.25, 0.3) is 0 Å². The molecule has 124 valence electrons. The van der Waals surface area contributed by atoms with Crippen molar-refractivity contribution in [3.05, 3.63) is 40.3 Å². The lowest BCUT2D eigenvalue weighted by atomic mass is 9.99. The van der Waals surface area contributed by atoms with Crippen molar-refractivity contribution in [2.75, 3.05) is 13.2 Å². The van der Waals surface area contributed by atoms with E-state index in [0.717, 1.165) is 5.75 Å². The second-order valence-corrected chi connectivity index (χ2v) is 6.34. The molecule has 0 saturated carbocycles. The molecular weight excluding hydrogens is 298 g/mol. The highest BCUT2D eigenvalue weighted by molar-refractivity contribution is 5.26. The van der Waals surface area contributed by atoms with Crippen molar-refractivity contribution < 1.29 is 18.9 Å². The van der Waals surface area contributed by atoms with E-state index in [1.807, 2.05) is 45.0 Å². The first-order chi connectivity index (χ1) is 11.0. The lowest BCUT2D eigenvalue weighted by Crippen LogP contribution is -2.34. The Balaban J connectivity index is 1.66. The Morgan fingerprint density at radius 2 is 2.00 bits per heavy atom. The van der Waals surface area contributed by atoms with Crippen LogP contribution in [0.2, 0.25) is 0 Å². The van der Waals surface area contributed by atoms with Crippen molar-refractivity contribution in [1.29, 1.82) is 0 Å². The molecule has 23 heavy (non-hydrogen) atoms. The number of nitrogens with zero attached hydrogens (tertiary/aromatic N) is 3. The van der Waals surface area contributed by atoms with Gasteiger partial charge in [-0.25, -0.2) is 0 Å². The van der Waals surface area contributed by atoms with Gasteiger partial charge in [0, 0.05) is 17.4 Å². The van der Waals surface area contributed by atoms with Gasteiger partial charge < -0.3 is 18.9 Å². The number of hydrogen-bond donors (Lipinski definition) is 0. The molecule has 0 bridgehead atoms. The summed E-state index contributed by atoms with van der Waals surface area (Å²) in [6, 6.07) is 7.82. The Hall–Kier alpha value is -1.79. The zero-order valence-corrected chi connectivity index (χ0v) is 13.5. The molecule has 7 nitrogen and oxygen atoms in total. The van der Waals surface area contributed by atoms with Gasteiger partial charge in [0.05, 0.1) is 0 Å². The number of rotatable bonds is 5. The average Bonchev–Trinajstić information content (AvgIpc) is 2.96. The molecule has 2 heterocycles. The Bertz CT molecular complexity index is 598. The predicted octanol–water partition coefficient (Wildman–Crippen LogP) is 3.18. The molecule has 0 aromatic heterocycles. The maximum atomic E-state index is 8.60. The molecule has 0 unspecified atom stereocenters. The van der Waals surface area contributed by atoms with Gasteiger partial charge in [0.2, 0.25) is 0 Å². The largest absolute Gasteiger partial charge is 0.491 e. The SMILES string of the molecule is Cc1ccc(OC[C@H]2O[C@@H]3OC(C)(C)O[C@@H]3[C@@H]2CN=[N+]=[N-])cc1. The molecule has 0 amide bonds. The Morgan fingerprint density at radius 1 is 1.26 bits per heavy atom. The monoisotopic (exact) mass is 319 g/mol. The minimum Gasteiger partial charge on any atom is -0.491 e. The van der Waals surface area contributed by atoms with Crippen molar-refractivity contribution >= 4 is 0 Å². The highest BCUT2D eigenvalue weighted by atomic mass is 16.8. The third kappa shape index (κ3) is 3.59. The Kier molecular flexibility index (Phi) is 4.46. The molecule has 2 fully saturated rings. The van der Waals surface area contributed by atoms with Gasteiger partial charge in [0.1, 0.15) is 24.6 Å². The van der Waals surface area contributed by atoms with Crippen LogP contribution in [0.3, 0.4) is 0 Å². The number of fused-ring (bicyclic) bond motifs is 1. The molecule has 1 aromatic rings. The first-order valence-electron chi connectivity index (χ1n) is 7.70. The molecule has 2 saturated heterocycles. The number of ether oxygens (including phenoxy) is 4. The van der Waals surface area contributed by atoms with E-state index in [1.54, 1.807) is 0 Å². The lowest BCUT2D eigenvalue weighted by Gasteiger charge is -2.24. The van der Waals surface area contributed by atoms with Crippen LogP contribution in [-0.4, -0.2) is 37.4 Å². The summed E-state index contributed by atoms with van der Waals surface area (Å²) in [6.45, 7) is 6.36. The molecule has 0 radical (unpaired) electrons. The fourth-order valence-corrected chi connectivity index (χ4v) is 2.97. The lowest BCUT2D eigenvalue weighted by molar-refractivity contribution is -0.212. The maximum Gasteiger partial charge on any atom is 0.188 e. The summed E-state index contributed by atoms with van der Waals surface area (Å²) >= 11 is 0. The summed E-state index contributed by atoms with van der Waals surface area (Å²) in [4.78, 5) is 2.84. The zero-order chi connectivity index (χ0) is 16.4. The Morgan fingerprint density at radius 3 is 2.70 bits per heavy atom. The first-order valence-corrected chi connectivity index (χ1v) is 7.70. The van der Waals surface area contributed by atoms with Crippen molar-refractivity contribution in [3.63, 3.8) is 0 Å². The van der Waals surface area contributed by atoms with E-state index >= 15 is 0 Å². The van der Waals surface area contributed by atoms with Crippen LogP contribution in [0.5, 0.6) is 5.75 Å². The average molecular weight is 319 g/mol. The number of aryl methyl sites for hydroxylation is 1. The second kappa shape index (κ2) is 6.37. The summed E-state index contributed by atoms with van der Waals surface area (Å²) in [5, 5.41) is 3.69. The summed E-state index contributed by atoms with van der Waals surface area (Å²) in [6.07, 6.45) is -0.939. The standard InChI is InChI=1S/C16H21N3O4/c1-10-4-6-11(7-5-10)20-9-13-12(8-18-19-17)14-15(21-13)23-16(2,3)22-14/h4-7,12-15H,8-9H2,1-3H3/t12-,13-,14-,15-/m1/s1. The molecule has 0 N–H and O–H groups in total. The van der Waals surface area contributed by atoms with Gasteiger partial charge in [-0.15, -0.1) is 0 Å². The molecular formula is C16H21N3O4. The van der Waals surface area contributed by atoms with Crippen LogP contribution in [0.1, 0.15) is 19.4 Å².